The summed E-state index contributed by atoms with van der Waals surface area (Å²) in [5.41, 5.74) is 8.23. The molecule has 1 aliphatic rings. The Morgan fingerprint density at radius 2 is 1.91 bits per heavy atom. The molecule has 116 valence electrons. The van der Waals surface area contributed by atoms with Crippen LogP contribution in [0.1, 0.15) is 11.7 Å². The van der Waals surface area contributed by atoms with Crippen LogP contribution in [0, 0.1) is 0 Å². The van der Waals surface area contributed by atoms with Crippen molar-refractivity contribution in [2.24, 2.45) is 5.73 Å². The SMILES string of the molecule is NCC(c1ccccn1)N1CCN(c2cccc(Cl)c2)CC1. The van der Waals surface area contributed by atoms with Crippen molar-refractivity contribution in [2.75, 3.05) is 37.6 Å². The second-order valence-electron chi connectivity index (χ2n) is 5.51. The molecule has 1 unspecified atom stereocenters. The van der Waals surface area contributed by atoms with E-state index in [0.717, 1.165) is 36.9 Å². The van der Waals surface area contributed by atoms with Crippen LogP contribution in [0.3, 0.4) is 0 Å². The fraction of sp³-hybridized carbons (Fsp3) is 0.353. The van der Waals surface area contributed by atoms with Gasteiger partial charge in [0, 0.05) is 49.6 Å². The largest absolute Gasteiger partial charge is 0.369 e. The maximum Gasteiger partial charge on any atom is 0.0645 e. The van der Waals surface area contributed by atoms with E-state index in [0.29, 0.717) is 6.54 Å². The van der Waals surface area contributed by atoms with E-state index in [-0.39, 0.29) is 6.04 Å². The second kappa shape index (κ2) is 7.09. The molecule has 1 saturated heterocycles. The highest BCUT2D eigenvalue weighted by molar-refractivity contribution is 6.30. The smallest absolute Gasteiger partial charge is 0.0645 e. The molecule has 2 aromatic rings. The molecule has 5 heteroatoms. The van der Waals surface area contributed by atoms with Crippen molar-refractivity contribution in [3.63, 3.8) is 0 Å². The number of anilines is 1. The van der Waals surface area contributed by atoms with Gasteiger partial charge >= 0.3 is 0 Å². The highest BCUT2D eigenvalue weighted by Gasteiger charge is 2.24. The van der Waals surface area contributed by atoms with Gasteiger partial charge in [-0.3, -0.25) is 9.88 Å². The number of piperazine rings is 1. The average molecular weight is 317 g/mol. The molecule has 4 nitrogen and oxygen atoms in total. The fourth-order valence-corrected chi connectivity index (χ4v) is 3.18. The van der Waals surface area contributed by atoms with Crippen LogP contribution in [0.25, 0.3) is 0 Å². The molecule has 1 atom stereocenters. The van der Waals surface area contributed by atoms with E-state index >= 15 is 0 Å². The molecule has 0 saturated carbocycles. The van der Waals surface area contributed by atoms with Crippen LogP contribution in [0.4, 0.5) is 5.69 Å². The maximum atomic E-state index is 6.08. The van der Waals surface area contributed by atoms with Crippen LogP contribution < -0.4 is 10.6 Å². The molecule has 1 aromatic carbocycles. The lowest BCUT2D eigenvalue weighted by Crippen LogP contribution is -2.49. The molecular weight excluding hydrogens is 296 g/mol. The minimum absolute atomic E-state index is 0.197. The first-order chi connectivity index (χ1) is 10.8. The van der Waals surface area contributed by atoms with E-state index in [1.807, 2.05) is 36.5 Å². The number of nitrogens with two attached hydrogens (primary N) is 1. The van der Waals surface area contributed by atoms with Gasteiger partial charge in [-0.25, -0.2) is 0 Å². The van der Waals surface area contributed by atoms with Crippen molar-refractivity contribution >= 4 is 17.3 Å². The molecule has 1 aromatic heterocycles. The van der Waals surface area contributed by atoms with E-state index in [9.17, 15) is 0 Å². The topological polar surface area (TPSA) is 45.4 Å². The van der Waals surface area contributed by atoms with Crippen LogP contribution >= 0.6 is 11.6 Å². The van der Waals surface area contributed by atoms with Crippen LogP contribution in [0.15, 0.2) is 48.7 Å². The zero-order valence-corrected chi connectivity index (χ0v) is 13.3. The number of nitrogens with zero attached hydrogens (tertiary/aromatic N) is 3. The van der Waals surface area contributed by atoms with Crippen molar-refractivity contribution in [2.45, 2.75) is 6.04 Å². The normalized spacial score (nSPS) is 17.5. The fourth-order valence-electron chi connectivity index (χ4n) is 2.99. The predicted molar refractivity (Wildman–Crippen MR) is 91.3 cm³/mol. The molecule has 2 heterocycles. The van der Waals surface area contributed by atoms with Crippen LogP contribution in [-0.2, 0) is 0 Å². The summed E-state index contributed by atoms with van der Waals surface area (Å²) < 4.78 is 0. The number of halogens is 1. The van der Waals surface area contributed by atoms with Gasteiger partial charge in [-0.15, -0.1) is 0 Å². The highest BCUT2D eigenvalue weighted by atomic mass is 35.5. The molecule has 2 N–H and O–H groups in total. The van der Waals surface area contributed by atoms with E-state index in [1.54, 1.807) is 0 Å². The first-order valence-corrected chi connectivity index (χ1v) is 8.01. The minimum Gasteiger partial charge on any atom is -0.369 e. The van der Waals surface area contributed by atoms with Gasteiger partial charge in [0.2, 0.25) is 0 Å². The van der Waals surface area contributed by atoms with Gasteiger partial charge in [0.05, 0.1) is 11.7 Å². The second-order valence-corrected chi connectivity index (χ2v) is 5.95. The summed E-state index contributed by atoms with van der Waals surface area (Å²) in [5.74, 6) is 0. The maximum absolute atomic E-state index is 6.08. The summed E-state index contributed by atoms with van der Waals surface area (Å²) >= 11 is 6.08. The van der Waals surface area contributed by atoms with Gasteiger partial charge in [-0.2, -0.15) is 0 Å². The molecule has 0 aliphatic carbocycles. The summed E-state index contributed by atoms with van der Waals surface area (Å²) in [7, 11) is 0. The summed E-state index contributed by atoms with van der Waals surface area (Å²) in [5, 5.41) is 0.785. The molecule has 1 aliphatic heterocycles. The lowest BCUT2D eigenvalue weighted by molar-refractivity contribution is 0.187. The number of hydrogen-bond acceptors (Lipinski definition) is 4. The highest BCUT2D eigenvalue weighted by Crippen LogP contribution is 2.24. The summed E-state index contributed by atoms with van der Waals surface area (Å²) in [6.45, 7) is 4.50. The number of rotatable bonds is 4. The Kier molecular flexibility index (Phi) is 4.93. The van der Waals surface area contributed by atoms with Crippen LogP contribution in [-0.4, -0.2) is 42.6 Å². The Bertz CT molecular complexity index is 597. The van der Waals surface area contributed by atoms with E-state index in [4.69, 9.17) is 17.3 Å². The zero-order chi connectivity index (χ0) is 15.4. The predicted octanol–water partition coefficient (Wildman–Crippen LogP) is 2.56. The summed E-state index contributed by atoms with van der Waals surface area (Å²) in [6, 6.07) is 14.3. The molecule has 3 rings (SSSR count). The number of pyridine rings is 1. The standard InChI is InChI=1S/C17H21ClN4/c18-14-4-3-5-15(12-14)21-8-10-22(11-9-21)17(13-19)16-6-1-2-7-20-16/h1-7,12,17H,8-11,13,19H2. The third-order valence-corrected chi connectivity index (χ3v) is 4.42. The molecular formula is C17H21ClN4. The van der Waals surface area contributed by atoms with Gasteiger partial charge in [0.25, 0.3) is 0 Å². The monoisotopic (exact) mass is 316 g/mol. The minimum atomic E-state index is 0.197. The molecule has 0 radical (unpaired) electrons. The Morgan fingerprint density at radius 3 is 2.55 bits per heavy atom. The number of benzene rings is 1. The number of aromatic nitrogens is 1. The van der Waals surface area contributed by atoms with E-state index in [1.165, 1.54) is 5.69 Å². The molecule has 0 bridgehead atoms. The van der Waals surface area contributed by atoms with Gasteiger partial charge in [0.1, 0.15) is 0 Å². The summed E-state index contributed by atoms with van der Waals surface area (Å²) in [4.78, 5) is 9.25. The van der Waals surface area contributed by atoms with E-state index < -0.39 is 0 Å². The Balaban J connectivity index is 1.66. The van der Waals surface area contributed by atoms with Gasteiger partial charge in [-0.05, 0) is 30.3 Å². The van der Waals surface area contributed by atoms with Crippen molar-refractivity contribution in [1.82, 2.24) is 9.88 Å². The third-order valence-electron chi connectivity index (χ3n) is 4.18. The zero-order valence-electron chi connectivity index (χ0n) is 12.5. The molecule has 0 spiro atoms. The first kappa shape index (κ1) is 15.3. The third kappa shape index (κ3) is 3.40. The van der Waals surface area contributed by atoms with Crippen LogP contribution in [0.2, 0.25) is 5.02 Å². The lowest BCUT2D eigenvalue weighted by atomic mass is 10.1. The van der Waals surface area contributed by atoms with Crippen molar-refractivity contribution < 1.29 is 0 Å². The van der Waals surface area contributed by atoms with Crippen LogP contribution in [0.5, 0.6) is 0 Å². The first-order valence-electron chi connectivity index (χ1n) is 7.63. The molecule has 0 amide bonds. The van der Waals surface area contributed by atoms with Gasteiger partial charge in [-0.1, -0.05) is 23.7 Å². The van der Waals surface area contributed by atoms with E-state index in [2.05, 4.69) is 26.9 Å². The van der Waals surface area contributed by atoms with Gasteiger partial charge in [0.15, 0.2) is 0 Å². The van der Waals surface area contributed by atoms with Crippen molar-refractivity contribution in [3.8, 4) is 0 Å². The lowest BCUT2D eigenvalue weighted by Gasteiger charge is -2.39. The number of hydrogen-bond donors (Lipinski definition) is 1. The molecule has 22 heavy (non-hydrogen) atoms. The van der Waals surface area contributed by atoms with Gasteiger partial charge < -0.3 is 10.6 Å². The Morgan fingerprint density at radius 1 is 1.09 bits per heavy atom. The summed E-state index contributed by atoms with van der Waals surface area (Å²) in [6.07, 6.45) is 1.83. The Hall–Kier alpha value is -1.62. The molecule has 1 fully saturated rings. The van der Waals surface area contributed by atoms with Crippen molar-refractivity contribution in [3.05, 3.63) is 59.4 Å². The average Bonchev–Trinajstić information content (AvgIpc) is 2.57. The quantitative estimate of drug-likeness (QED) is 0.941. The Labute approximate surface area is 136 Å². The van der Waals surface area contributed by atoms with Crippen molar-refractivity contribution in [1.29, 1.82) is 0 Å².